The number of hydrogen-bond acceptors (Lipinski definition) is 5. The Kier molecular flexibility index (Phi) is 3.87. The maximum atomic E-state index is 11.9. The number of rotatable bonds is 4. The van der Waals surface area contributed by atoms with Gasteiger partial charge in [0.25, 0.3) is 0 Å². The molecule has 0 aromatic carbocycles. The zero-order chi connectivity index (χ0) is 14.0. The number of aryl methyl sites for hydroxylation is 1. The Morgan fingerprint density at radius 1 is 1.37 bits per heavy atom. The molecule has 1 fully saturated rings. The fraction of sp³-hybridized carbons (Fsp3) is 0.615. The molecular formula is C13H21N5O. The van der Waals surface area contributed by atoms with E-state index in [-0.39, 0.29) is 11.9 Å². The number of likely N-dealkylation sites (tertiary alicyclic amines) is 1. The van der Waals surface area contributed by atoms with Crippen LogP contribution in [0.25, 0.3) is 0 Å². The van der Waals surface area contributed by atoms with Gasteiger partial charge in [-0.3, -0.25) is 4.79 Å². The molecule has 2 heterocycles. The van der Waals surface area contributed by atoms with Gasteiger partial charge < -0.3 is 15.5 Å². The van der Waals surface area contributed by atoms with Crippen LogP contribution in [0.1, 0.15) is 24.7 Å². The van der Waals surface area contributed by atoms with Crippen LogP contribution in [0.4, 0.5) is 11.6 Å². The van der Waals surface area contributed by atoms with Crippen molar-refractivity contribution in [3.8, 4) is 0 Å². The maximum Gasteiger partial charge on any atom is 0.244 e. The highest BCUT2D eigenvalue weighted by molar-refractivity contribution is 5.86. The first kappa shape index (κ1) is 13.6. The van der Waals surface area contributed by atoms with E-state index in [0.717, 1.165) is 42.4 Å². The molecular weight excluding hydrogens is 242 g/mol. The molecule has 0 bridgehead atoms. The summed E-state index contributed by atoms with van der Waals surface area (Å²) in [5, 5.41) is 6.33. The summed E-state index contributed by atoms with van der Waals surface area (Å²) in [5.74, 6) is 2.47. The second kappa shape index (κ2) is 5.42. The fourth-order valence-electron chi connectivity index (χ4n) is 2.23. The second-order valence-corrected chi connectivity index (χ2v) is 4.81. The summed E-state index contributed by atoms with van der Waals surface area (Å²) >= 11 is 0. The molecule has 0 aliphatic carbocycles. The molecule has 2 rings (SSSR count). The molecule has 2 N–H and O–H groups in total. The van der Waals surface area contributed by atoms with Gasteiger partial charge in [0.15, 0.2) is 0 Å². The Morgan fingerprint density at radius 2 is 2.05 bits per heavy atom. The van der Waals surface area contributed by atoms with Gasteiger partial charge in [0, 0.05) is 32.6 Å². The first-order chi connectivity index (χ1) is 9.06. The lowest BCUT2D eigenvalue weighted by atomic mass is 10.2. The van der Waals surface area contributed by atoms with E-state index in [4.69, 9.17) is 0 Å². The van der Waals surface area contributed by atoms with E-state index >= 15 is 0 Å². The van der Waals surface area contributed by atoms with E-state index in [1.807, 2.05) is 27.9 Å². The SMILES string of the molecule is CCc1nc(NC)c(C)c(NC2CCN(C)C2=O)n1. The second-order valence-electron chi connectivity index (χ2n) is 4.81. The van der Waals surface area contributed by atoms with E-state index in [0.29, 0.717) is 0 Å². The Bertz CT molecular complexity index is 488. The minimum absolute atomic E-state index is 0.127. The Hall–Kier alpha value is -1.85. The monoisotopic (exact) mass is 263 g/mol. The predicted molar refractivity (Wildman–Crippen MR) is 75.4 cm³/mol. The summed E-state index contributed by atoms with van der Waals surface area (Å²) in [7, 11) is 3.67. The molecule has 1 unspecified atom stereocenters. The molecule has 1 aliphatic rings. The number of hydrogen-bond donors (Lipinski definition) is 2. The lowest BCUT2D eigenvalue weighted by Gasteiger charge is -2.17. The number of nitrogens with zero attached hydrogens (tertiary/aromatic N) is 3. The van der Waals surface area contributed by atoms with Gasteiger partial charge in [-0.05, 0) is 13.3 Å². The quantitative estimate of drug-likeness (QED) is 0.849. The van der Waals surface area contributed by atoms with Gasteiger partial charge in [-0.2, -0.15) is 0 Å². The van der Waals surface area contributed by atoms with E-state index in [1.54, 1.807) is 4.90 Å². The summed E-state index contributed by atoms with van der Waals surface area (Å²) in [6.45, 7) is 4.76. The van der Waals surface area contributed by atoms with Crippen molar-refractivity contribution < 1.29 is 4.79 Å². The van der Waals surface area contributed by atoms with Gasteiger partial charge in [0.1, 0.15) is 23.5 Å². The molecule has 1 atom stereocenters. The highest BCUT2D eigenvalue weighted by Crippen LogP contribution is 2.22. The first-order valence-electron chi connectivity index (χ1n) is 6.63. The van der Waals surface area contributed by atoms with Crippen molar-refractivity contribution in [1.29, 1.82) is 0 Å². The van der Waals surface area contributed by atoms with Crippen LogP contribution in [-0.4, -0.2) is 47.5 Å². The largest absolute Gasteiger partial charge is 0.373 e. The number of carbonyl (C=O) groups excluding carboxylic acids is 1. The lowest BCUT2D eigenvalue weighted by Crippen LogP contribution is -2.31. The third kappa shape index (κ3) is 2.62. The first-order valence-corrected chi connectivity index (χ1v) is 6.63. The highest BCUT2D eigenvalue weighted by atomic mass is 16.2. The van der Waals surface area contributed by atoms with Crippen LogP contribution < -0.4 is 10.6 Å². The van der Waals surface area contributed by atoms with E-state index in [1.165, 1.54) is 0 Å². The molecule has 6 nitrogen and oxygen atoms in total. The van der Waals surface area contributed by atoms with Crippen molar-refractivity contribution in [2.45, 2.75) is 32.7 Å². The van der Waals surface area contributed by atoms with Gasteiger partial charge in [0.2, 0.25) is 5.91 Å². The molecule has 0 saturated carbocycles. The molecule has 104 valence electrons. The number of aromatic nitrogens is 2. The number of amides is 1. The lowest BCUT2D eigenvalue weighted by molar-refractivity contribution is -0.127. The zero-order valence-electron chi connectivity index (χ0n) is 11.9. The molecule has 1 aliphatic heterocycles. The standard InChI is InChI=1S/C13H21N5O/c1-5-10-16-11(14-3)8(2)12(17-10)15-9-6-7-18(4)13(9)19/h9H,5-7H2,1-4H3,(H2,14,15,16,17). The van der Waals surface area contributed by atoms with Gasteiger partial charge in [-0.15, -0.1) is 0 Å². The molecule has 19 heavy (non-hydrogen) atoms. The van der Waals surface area contributed by atoms with E-state index < -0.39 is 0 Å². The van der Waals surface area contributed by atoms with Crippen molar-refractivity contribution in [3.63, 3.8) is 0 Å². The minimum Gasteiger partial charge on any atom is -0.373 e. The van der Waals surface area contributed by atoms with Crippen molar-refractivity contribution in [2.24, 2.45) is 0 Å². The zero-order valence-corrected chi connectivity index (χ0v) is 11.9. The van der Waals surface area contributed by atoms with Crippen LogP contribution in [0.3, 0.4) is 0 Å². The average Bonchev–Trinajstić information content (AvgIpc) is 2.73. The smallest absolute Gasteiger partial charge is 0.244 e. The summed E-state index contributed by atoms with van der Waals surface area (Å²) in [4.78, 5) is 22.6. The molecule has 0 radical (unpaired) electrons. The van der Waals surface area contributed by atoms with E-state index in [2.05, 4.69) is 20.6 Å². The average molecular weight is 263 g/mol. The van der Waals surface area contributed by atoms with Crippen LogP contribution in [0, 0.1) is 6.92 Å². The third-order valence-electron chi connectivity index (χ3n) is 3.48. The van der Waals surface area contributed by atoms with Crippen molar-refractivity contribution >= 4 is 17.5 Å². The van der Waals surface area contributed by atoms with Crippen molar-refractivity contribution in [2.75, 3.05) is 31.3 Å². The molecule has 1 amide bonds. The maximum absolute atomic E-state index is 11.9. The molecule has 1 aromatic heterocycles. The van der Waals surface area contributed by atoms with Crippen LogP contribution in [0.15, 0.2) is 0 Å². The normalized spacial score (nSPS) is 18.8. The topological polar surface area (TPSA) is 70.2 Å². The summed E-state index contributed by atoms with van der Waals surface area (Å²) in [6, 6.07) is -0.173. The van der Waals surface area contributed by atoms with Gasteiger partial charge in [0.05, 0.1) is 0 Å². The van der Waals surface area contributed by atoms with Crippen molar-refractivity contribution in [3.05, 3.63) is 11.4 Å². The van der Waals surface area contributed by atoms with Crippen LogP contribution in [-0.2, 0) is 11.2 Å². The van der Waals surface area contributed by atoms with Gasteiger partial charge in [-0.1, -0.05) is 6.92 Å². The number of carbonyl (C=O) groups is 1. The fourth-order valence-corrected chi connectivity index (χ4v) is 2.23. The third-order valence-corrected chi connectivity index (χ3v) is 3.48. The van der Waals surface area contributed by atoms with Gasteiger partial charge >= 0.3 is 0 Å². The Morgan fingerprint density at radius 3 is 2.58 bits per heavy atom. The summed E-state index contributed by atoms with van der Waals surface area (Å²) < 4.78 is 0. The number of nitrogens with one attached hydrogen (secondary N) is 2. The minimum atomic E-state index is -0.173. The molecule has 0 spiro atoms. The predicted octanol–water partition coefficient (Wildman–Crippen LogP) is 1.03. The molecule has 1 saturated heterocycles. The Balaban J connectivity index is 2.26. The highest BCUT2D eigenvalue weighted by Gasteiger charge is 2.29. The molecule has 6 heteroatoms. The molecule has 1 aromatic rings. The van der Waals surface area contributed by atoms with Crippen LogP contribution >= 0.6 is 0 Å². The summed E-state index contributed by atoms with van der Waals surface area (Å²) in [6.07, 6.45) is 1.58. The summed E-state index contributed by atoms with van der Waals surface area (Å²) in [5.41, 5.74) is 0.946. The number of likely N-dealkylation sites (N-methyl/N-ethyl adjacent to an activating group) is 1. The van der Waals surface area contributed by atoms with Gasteiger partial charge in [-0.25, -0.2) is 9.97 Å². The number of anilines is 2. The van der Waals surface area contributed by atoms with E-state index in [9.17, 15) is 4.79 Å². The van der Waals surface area contributed by atoms with Crippen LogP contribution in [0.5, 0.6) is 0 Å². The van der Waals surface area contributed by atoms with Crippen molar-refractivity contribution in [1.82, 2.24) is 14.9 Å². The Labute approximate surface area is 113 Å². The van der Waals surface area contributed by atoms with Crippen LogP contribution in [0.2, 0.25) is 0 Å².